The first-order chi connectivity index (χ1) is 9.47. The third-order valence-corrected chi connectivity index (χ3v) is 4.24. The fraction of sp³-hybridized carbons (Fsp3) is 0.812. The summed E-state index contributed by atoms with van der Waals surface area (Å²) in [6.07, 6.45) is 1.02. The minimum atomic E-state index is 0.667. The second-order valence-electron chi connectivity index (χ2n) is 6.19. The van der Waals surface area contributed by atoms with E-state index in [1.165, 1.54) is 15.7 Å². The van der Waals surface area contributed by atoms with Crippen LogP contribution >= 0.6 is 11.3 Å². The number of thiazole rings is 1. The lowest BCUT2D eigenvalue weighted by Crippen LogP contribution is -2.31. The Morgan fingerprint density at radius 1 is 1.10 bits per heavy atom. The third-order valence-electron chi connectivity index (χ3n) is 3.08. The van der Waals surface area contributed by atoms with Gasteiger partial charge in [0.2, 0.25) is 0 Å². The molecule has 4 heteroatoms. The van der Waals surface area contributed by atoms with Crippen LogP contribution in [0.5, 0.6) is 0 Å². The van der Waals surface area contributed by atoms with E-state index in [0.29, 0.717) is 11.8 Å². The maximum atomic E-state index is 4.89. The van der Waals surface area contributed by atoms with Gasteiger partial charge in [0.1, 0.15) is 0 Å². The molecule has 0 spiro atoms. The van der Waals surface area contributed by atoms with Crippen LogP contribution in [0.15, 0.2) is 0 Å². The minimum Gasteiger partial charge on any atom is -0.348 e. The van der Waals surface area contributed by atoms with Crippen molar-refractivity contribution in [2.75, 3.05) is 24.5 Å². The van der Waals surface area contributed by atoms with E-state index in [9.17, 15) is 0 Å². The van der Waals surface area contributed by atoms with Crippen LogP contribution in [0.25, 0.3) is 0 Å². The summed E-state index contributed by atoms with van der Waals surface area (Å²) in [7, 11) is 0. The Kier molecular flexibility index (Phi) is 7.52. The third kappa shape index (κ3) is 5.41. The summed E-state index contributed by atoms with van der Waals surface area (Å²) in [6, 6.07) is 0. The molecule has 1 heterocycles. The smallest absolute Gasteiger partial charge is 0.185 e. The summed E-state index contributed by atoms with van der Waals surface area (Å²) in [5, 5.41) is 4.63. The molecule has 0 fully saturated rings. The molecule has 0 saturated carbocycles. The fourth-order valence-electron chi connectivity index (χ4n) is 2.27. The lowest BCUT2D eigenvalue weighted by atomic mass is 10.1. The van der Waals surface area contributed by atoms with Gasteiger partial charge in [0.05, 0.1) is 5.69 Å². The molecule has 0 amide bonds. The van der Waals surface area contributed by atoms with Crippen LogP contribution < -0.4 is 10.2 Å². The minimum absolute atomic E-state index is 0.667. The van der Waals surface area contributed by atoms with Gasteiger partial charge in [-0.1, -0.05) is 41.5 Å². The van der Waals surface area contributed by atoms with Crippen molar-refractivity contribution in [2.24, 2.45) is 11.8 Å². The molecular weight excluding hydrogens is 266 g/mol. The van der Waals surface area contributed by atoms with Crippen molar-refractivity contribution in [1.82, 2.24) is 10.3 Å². The number of anilines is 1. The monoisotopic (exact) mass is 297 g/mol. The van der Waals surface area contributed by atoms with Crippen molar-refractivity contribution in [3.8, 4) is 0 Å². The van der Waals surface area contributed by atoms with Crippen LogP contribution in [-0.2, 0) is 13.0 Å². The highest BCUT2D eigenvalue weighted by Gasteiger charge is 2.17. The van der Waals surface area contributed by atoms with Crippen LogP contribution in [0.3, 0.4) is 0 Å². The average Bonchev–Trinajstić information content (AvgIpc) is 2.77. The molecule has 1 aromatic rings. The van der Waals surface area contributed by atoms with Crippen LogP contribution in [0, 0.1) is 11.8 Å². The second-order valence-corrected chi connectivity index (χ2v) is 7.25. The van der Waals surface area contributed by atoms with Gasteiger partial charge < -0.3 is 10.2 Å². The topological polar surface area (TPSA) is 28.2 Å². The number of nitrogens with one attached hydrogen (secondary N) is 1. The maximum absolute atomic E-state index is 4.89. The summed E-state index contributed by atoms with van der Waals surface area (Å²) >= 11 is 1.87. The Balaban J connectivity index is 2.91. The van der Waals surface area contributed by atoms with E-state index in [0.717, 1.165) is 32.6 Å². The van der Waals surface area contributed by atoms with Gasteiger partial charge in [0.15, 0.2) is 5.13 Å². The predicted molar refractivity (Wildman–Crippen MR) is 90.8 cm³/mol. The van der Waals surface area contributed by atoms with Gasteiger partial charge in [-0.15, -0.1) is 11.3 Å². The zero-order valence-corrected chi connectivity index (χ0v) is 14.8. The first-order valence-electron chi connectivity index (χ1n) is 7.92. The van der Waals surface area contributed by atoms with Crippen LogP contribution in [-0.4, -0.2) is 24.6 Å². The Labute approximate surface area is 128 Å². The second kappa shape index (κ2) is 8.63. The van der Waals surface area contributed by atoms with Gasteiger partial charge in [0, 0.05) is 24.5 Å². The summed E-state index contributed by atoms with van der Waals surface area (Å²) in [6.45, 7) is 17.6. The van der Waals surface area contributed by atoms with Gasteiger partial charge in [-0.2, -0.15) is 0 Å². The van der Waals surface area contributed by atoms with Gasteiger partial charge >= 0.3 is 0 Å². The van der Waals surface area contributed by atoms with E-state index in [1.54, 1.807) is 0 Å². The molecule has 1 N–H and O–H groups in total. The maximum Gasteiger partial charge on any atom is 0.185 e. The largest absolute Gasteiger partial charge is 0.348 e. The standard InChI is InChI=1S/C16H31N3S/c1-7-14-15(9-17-8-2)20-16(18-14)19(10-12(3)4)11-13(5)6/h12-13,17H,7-11H2,1-6H3. The number of rotatable bonds is 9. The Hall–Kier alpha value is -0.610. The molecular formula is C16H31N3S. The summed E-state index contributed by atoms with van der Waals surface area (Å²) in [5.74, 6) is 1.33. The first kappa shape index (κ1) is 17.4. The SMILES string of the molecule is CCNCc1sc(N(CC(C)C)CC(C)C)nc1CC. The summed E-state index contributed by atoms with van der Waals surface area (Å²) in [5.41, 5.74) is 1.27. The quantitative estimate of drug-likeness (QED) is 0.748. The molecule has 0 atom stereocenters. The van der Waals surface area contributed by atoms with Gasteiger partial charge in [0.25, 0.3) is 0 Å². The molecule has 0 saturated heterocycles. The molecule has 0 unspecified atom stereocenters. The fourth-order valence-corrected chi connectivity index (χ4v) is 3.41. The summed E-state index contributed by atoms with van der Waals surface area (Å²) in [4.78, 5) is 8.76. The van der Waals surface area contributed by atoms with E-state index >= 15 is 0 Å². The molecule has 0 aliphatic rings. The Bertz CT molecular complexity index is 375. The van der Waals surface area contributed by atoms with Crippen molar-refractivity contribution in [3.05, 3.63) is 10.6 Å². The van der Waals surface area contributed by atoms with Crippen LogP contribution in [0.2, 0.25) is 0 Å². The molecule has 20 heavy (non-hydrogen) atoms. The van der Waals surface area contributed by atoms with Gasteiger partial charge in [-0.05, 0) is 24.8 Å². The van der Waals surface area contributed by atoms with Crippen molar-refractivity contribution in [1.29, 1.82) is 0 Å². The normalized spacial score (nSPS) is 11.6. The van der Waals surface area contributed by atoms with Crippen molar-refractivity contribution < 1.29 is 0 Å². The number of nitrogens with zero attached hydrogens (tertiary/aromatic N) is 2. The zero-order chi connectivity index (χ0) is 15.1. The molecule has 1 aromatic heterocycles. The highest BCUT2D eigenvalue weighted by atomic mass is 32.1. The van der Waals surface area contributed by atoms with E-state index in [1.807, 2.05) is 11.3 Å². The van der Waals surface area contributed by atoms with E-state index in [4.69, 9.17) is 4.98 Å². The molecule has 0 aliphatic heterocycles. The van der Waals surface area contributed by atoms with E-state index < -0.39 is 0 Å². The van der Waals surface area contributed by atoms with E-state index in [-0.39, 0.29) is 0 Å². The van der Waals surface area contributed by atoms with Crippen molar-refractivity contribution in [3.63, 3.8) is 0 Å². The lowest BCUT2D eigenvalue weighted by molar-refractivity contribution is 0.551. The van der Waals surface area contributed by atoms with E-state index in [2.05, 4.69) is 51.8 Å². The molecule has 0 bridgehead atoms. The number of hydrogen-bond acceptors (Lipinski definition) is 4. The first-order valence-corrected chi connectivity index (χ1v) is 8.73. The molecule has 3 nitrogen and oxygen atoms in total. The highest BCUT2D eigenvalue weighted by Crippen LogP contribution is 2.28. The van der Waals surface area contributed by atoms with Crippen molar-refractivity contribution in [2.45, 2.75) is 54.5 Å². The average molecular weight is 298 g/mol. The molecule has 0 aromatic carbocycles. The van der Waals surface area contributed by atoms with Crippen LogP contribution in [0.1, 0.15) is 52.1 Å². The van der Waals surface area contributed by atoms with Crippen LogP contribution in [0.4, 0.5) is 5.13 Å². The number of hydrogen-bond donors (Lipinski definition) is 1. The lowest BCUT2D eigenvalue weighted by Gasteiger charge is -2.25. The van der Waals surface area contributed by atoms with Gasteiger partial charge in [-0.25, -0.2) is 4.98 Å². The molecule has 1 rings (SSSR count). The highest BCUT2D eigenvalue weighted by molar-refractivity contribution is 7.15. The Morgan fingerprint density at radius 2 is 1.70 bits per heavy atom. The summed E-state index contributed by atoms with van der Waals surface area (Å²) < 4.78 is 0. The number of aryl methyl sites for hydroxylation is 1. The predicted octanol–water partition coefficient (Wildman–Crippen LogP) is 3.93. The van der Waals surface area contributed by atoms with Gasteiger partial charge in [-0.3, -0.25) is 0 Å². The zero-order valence-electron chi connectivity index (χ0n) is 14.0. The Morgan fingerprint density at radius 3 is 2.15 bits per heavy atom. The molecule has 116 valence electrons. The molecule has 0 aliphatic carbocycles. The number of aromatic nitrogens is 1. The van der Waals surface area contributed by atoms with Crippen molar-refractivity contribution >= 4 is 16.5 Å². The molecule has 0 radical (unpaired) electrons.